The molecule has 2 unspecified atom stereocenters. The molecule has 3 aromatic heterocycles. The lowest BCUT2D eigenvalue weighted by Gasteiger charge is -2.34. The Morgan fingerprint density at radius 1 is 0.477 bits per heavy atom. The van der Waals surface area contributed by atoms with E-state index in [0.29, 0.717) is 0 Å². The van der Waals surface area contributed by atoms with Gasteiger partial charge in [0.2, 0.25) is 0 Å². The molecular weight excluding hydrogens is 833 g/mol. The first-order chi connectivity index (χ1) is 32.1. The minimum atomic E-state index is -0.174. The predicted molar refractivity (Wildman–Crippen MR) is 275 cm³/mol. The van der Waals surface area contributed by atoms with Crippen molar-refractivity contribution >= 4 is 127 Å². The van der Waals surface area contributed by atoms with Gasteiger partial charge in [0.1, 0.15) is 11.2 Å². The molecule has 0 fully saturated rings. The Bertz CT molecular complexity index is 3920. The number of para-hydroxylation sites is 6. The first-order valence-corrected chi connectivity index (χ1v) is 23.7. The monoisotopic (exact) mass is 870 g/mol. The summed E-state index contributed by atoms with van der Waals surface area (Å²) in [5, 5.41) is 7.03. The maximum atomic E-state index is 6.62. The zero-order valence-electron chi connectivity index (χ0n) is 35.2. The molecule has 14 rings (SSSR count). The number of anilines is 6. The predicted octanol–water partition coefficient (Wildman–Crippen LogP) is 17.9. The van der Waals surface area contributed by atoms with Crippen LogP contribution >= 0.6 is 23.1 Å². The van der Waals surface area contributed by atoms with Crippen LogP contribution in [0.2, 0.25) is 0 Å². The van der Waals surface area contributed by atoms with E-state index >= 15 is 0 Å². The summed E-state index contributed by atoms with van der Waals surface area (Å²) in [5.41, 5.74) is 14.1. The third kappa shape index (κ3) is 5.45. The summed E-state index contributed by atoms with van der Waals surface area (Å²) in [6.07, 6.45) is 4.88. The van der Waals surface area contributed by atoms with Crippen molar-refractivity contribution in [3.63, 3.8) is 0 Å². The van der Waals surface area contributed by atoms with Crippen molar-refractivity contribution in [2.45, 2.75) is 22.5 Å². The highest BCUT2D eigenvalue weighted by Gasteiger charge is 2.47. The highest BCUT2D eigenvalue weighted by molar-refractivity contribution is 8.00. The highest BCUT2D eigenvalue weighted by atomic mass is 32.2. The number of thiophene rings is 1. The summed E-state index contributed by atoms with van der Waals surface area (Å²) >= 11 is 3.90. The van der Waals surface area contributed by atoms with Gasteiger partial charge in [-0.05, 0) is 109 Å². The van der Waals surface area contributed by atoms with Crippen molar-refractivity contribution in [1.82, 2.24) is 0 Å². The topological polar surface area (TPSA) is 32.8 Å². The van der Waals surface area contributed by atoms with Gasteiger partial charge in [-0.25, -0.2) is 0 Å². The number of nitrogens with zero attached hydrogens (tertiary/aromatic N) is 2. The van der Waals surface area contributed by atoms with E-state index in [2.05, 4.69) is 211 Å². The summed E-state index contributed by atoms with van der Waals surface area (Å²) in [6.45, 7) is 2.45. The number of furan rings is 2. The van der Waals surface area contributed by atoms with Gasteiger partial charge in [-0.2, -0.15) is 0 Å². The molecule has 0 radical (unpaired) electrons. The van der Waals surface area contributed by atoms with E-state index in [-0.39, 0.29) is 10.7 Å². The third-order valence-corrected chi connectivity index (χ3v) is 16.4. The molecule has 0 spiro atoms. The zero-order chi connectivity index (χ0) is 42.8. The Labute approximate surface area is 383 Å². The number of hydrogen-bond acceptors (Lipinski definition) is 6. The van der Waals surface area contributed by atoms with Gasteiger partial charge in [-0.3, -0.25) is 0 Å². The second kappa shape index (κ2) is 14.0. The molecule has 308 valence electrons. The Hall–Kier alpha value is -7.51. The van der Waals surface area contributed by atoms with E-state index in [0.717, 1.165) is 78.0 Å². The second-order valence-electron chi connectivity index (χ2n) is 17.3. The van der Waals surface area contributed by atoms with Crippen LogP contribution in [0.4, 0.5) is 34.1 Å². The summed E-state index contributed by atoms with van der Waals surface area (Å²) in [5.74, 6) is 0.202. The summed E-state index contributed by atoms with van der Waals surface area (Å²) in [6, 6.07) is 69.7. The molecule has 1 aliphatic heterocycles. The quantitative estimate of drug-likeness (QED) is 0.166. The van der Waals surface area contributed by atoms with Gasteiger partial charge >= 0.3 is 0 Å². The third-order valence-electron chi connectivity index (χ3n) is 13.7. The maximum absolute atomic E-state index is 6.62. The first-order valence-electron chi connectivity index (χ1n) is 22.1. The summed E-state index contributed by atoms with van der Waals surface area (Å²) in [4.78, 5) is 6.03. The number of rotatable bonds is 6. The average Bonchev–Trinajstić information content (AvgIpc) is 4.11. The van der Waals surface area contributed by atoms with Crippen molar-refractivity contribution in [2.75, 3.05) is 9.80 Å². The fourth-order valence-electron chi connectivity index (χ4n) is 10.7. The lowest BCUT2D eigenvalue weighted by Crippen LogP contribution is -2.25. The van der Waals surface area contributed by atoms with Crippen LogP contribution in [0.1, 0.15) is 29.5 Å². The highest BCUT2D eigenvalue weighted by Crippen LogP contribution is 2.63. The van der Waals surface area contributed by atoms with Crippen molar-refractivity contribution in [1.29, 1.82) is 0 Å². The minimum absolute atomic E-state index is 0.174. The first kappa shape index (κ1) is 36.9. The Kier molecular flexibility index (Phi) is 7.95. The maximum Gasteiger partial charge on any atom is 0.159 e. The second-order valence-corrected chi connectivity index (χ2v) is 19.8. The van der Waals surface area contributed by atoms with Crippen LogP contribution in [0.5, 0.6) is 0 Å². The molecular formula is C59H38N2O2S2. The summed E-state index contributed by atoms with van der Waals surface area (Å²) in [7, 11) is 0. The van der Waals surface area contributed by atoms with Gasteiger partial charge in [0.25, 0.3) is 0 Å². The van der Waals surface area contributed by atoms with Crippen LogP contribution in [-0.4, -0.2) is 0 Å². The SMILES string of the molecule is CC12Sc3ccc(N(c4ccccc4)c4cccc5c4oc4ccccc45)cc3C1C=Cc1c2ccc2c1sc1ccc(N(c3ccccc3)c3cccc4c3oc3ccccc34)cc12. The molecule has 4 heterocycles. The zero-order valence-corrected chi connectivity index (χ0v) is 36.9. The van der Waals surface area contributed by atoms with Gasteiger partial charge < -0.3 is 18.6 Å². The van der Waals surface area contributed by atoms with E-state index in [4.69, 9.17) is 8.83 Å². The lowest BCUT2D eigenvalue weighted by atomic mass is 9.76. The van der Waals surface area contributed by atoms with Gasteiger partial charge in [0.15, 0.2) is 11.2 Å². The Morgan fingerprint density at radius 2 is 1.05 bits per heavy atom. The standard InChI is InChI=1S/C59H38N2O2S2/c1-59-48-30-28-44-46-34-38(60(36-14-4-2-5-15-36)50-22-12-20-42-40-18-8-10-24-52(40)62-56(42)50)26-32-54(46)64-58(44)45(48)29-31-49(59)47-35-39(27-33-55(47)65-59)61(37-16-6-3-7-17-37)51-23-13-21-43-41-19-9-11-25-53(41)63-57(43)51/h2-35,49H,1H3. The Balaban J connectivity index is 0.872. The van der Waals surface area contributed by atoms with Crippen molar-refractivity contribution in [2.24, 2.45) is 0 Å². The number of fused-ring (bicyclic) bond motifs is 15. The molecule has 6 heteroatoms. The van der Waals surface area contributed by atoms with E-state index in [1.165, 1.54) is 41.8 Å². The molecule has 12 aromatic rings. The van der Waals surface area contributed by atoms with Gasteiger partial charge in [-0.1, -0.05) is 121 Å². The van der Waals surface area contributed by atoms with Crippen LogP contribution in [0, 0.1) is 0 Å². The summed E-state index contributed by atoms with van der Waals surface area (Å²) < 4.78 is 15.7. The fraction of sp³-hybridized carbons (Fsp3) is 0.0508. The molecule has 0 bridgehead atoms. The molecule has 2 aliphatic rings. The smallest absolute Gasteiger partial charge is 0.159 e. The van der Waals surface area contributed by atoms with Crippen LogP contribution in [0.15, 0.2) is 214 Å². The molecule has 0 saturated carbocycles. The van der Waals surface area contributed by atoms with Gasteiger partial charge in [0.05, 0.1) is 16.1 Å². The van der Waals surface area contributed by atoms with E-state index in [9.17, 15) is 0 Å². The van der Waals surface area contributed by atoms with Gasteiger partial charge in [0, 0.05) is 75.3 Å². The average molecular weight is 871 g/mol. The van der Waals surface area contributed by atoms with Crippen molar-refractivity contribution in [3.8, 4) is 0 Å². The molecule has 4 nitrogen and oxygen atoms in total. The fourth-order valence-corrected chi connectivity index (χ4v) is 13.4. The lowest BCUT2D eigenvalue weighted by molar-refractivity contribution is 0.623. The number of hydrogen-bond donors (Lipinski definition) is 0. The number of thioether (sulfide) groups is 1. The van der Waals surface area contributed by atoms with Crippen LogP contribution < -0.4 is 9.80 Å². The van der Waals surface area contributed by atoms with Crippen LogP contribution in [-0.2, 0) is 4.75 Å². The number of benzene rings is 9. The molecule has 0 amide bonds. The Morgan fingerprint density at radius 3 is 1.69 bits per heavy atom. The minimum Gasteiger partial charge on any atom is -0.454 e. The molecule has 65 heavy (non-hydrogen) atoms. The van der Waals surface area contributed by atoms with E-state index in [1.54, 1.807) is 0 Å². The molecule has 1 aliphatic carbocycles. The molecule has 9 aromatic carbocycles. The van der Waals surface area contributed by atoms with Crippen molar-refractivity contribution < 1.29 is 8.83 Å². The molecule has 2 atom stereocenters. The van der Waals surface area contributed by atoms with E-state index < -0.39 is 0 Å². The molecule has 0 N–H and O–H groups in total. The van der Waals surface area contributed by atoms with Crippen molar-refractivity contribution in [3.05, 3.63) is 217 Å². The van der Waals surface area contributed by atoms with Crippen LogP contribution in [0.25, 0.3) is 70.1 Å². The molecule has 0 saturated heterocycles. The van der Waals surface area contributed by atoms with Gasteiger partial charge in [-0.15, -0.1) is 23.1 Å². The normalized spacial score (nSPS) is 16.5. The van der Waals surface area contributed by atoms with Crippen LogP contribution in [0.3, 0.4) is 0 Å². The number of allylic oxidation sites excluding steroid dienone is 1. The van der Waals surface area contributed by atoms with E-state index in [1.807, 2.05) is 35.2 Å². The largest absolute Gasteiger partial charge is 0.454 e.